The Bertz CT molecular complexity index is 445. The topological polar surface area (TPSA) is 23.5 Å². The number of hydrogen-bond donors (Lipinski definition) is 1. The average Bonchev–Trinajstić information content (AvgIpc) is 2.71. The van der Waals surface area contributed by atoms with Crippen molar-refractivity contribution in [2.75, 3.05) is 11.4 Å². The van der Waals surface area contributed by atoms with Gasteiger partial charge in [0.15, 0.2) is 0 Å². The van der Waals surface area contributed by atoms with Gasteiger partial charge in [-0.2, -0.15) is 0 Å². The second kappa shape index (κ2) is 5.16. The molecule has 104 valence electrons. The fraction of sp³-hybridized carbons (Fsp3) is 0.647. The minimum absolute atomic E-state index is 0.101. The summed E-state index contributed by atoms with van der Waals surface area (Å²) in [7, 11) is 0. The number of nitrogens with zero attached hydrogens (tertiary/aromatic N) is 1. The summed E-state index contributed by atoms with van der Waals surface area (Å²) >= 11 is 0. The van der Waals surface area contributed by atoms with Gasteiger partial charge < -0.3 is 10.0 Å². The molecule has 1 aromatic carbocycles. The smallest absolute Gasteiger partial charge is 0.0585 e. The van der Waals surface area contributed by atoms with Gasteiger partial charge in [0.1, 0.15) is 0 Å². The van der Waals surface area contributed by atoms with Crippen molar-refractivity contribution in [3.63, 3.8) is 0 Å². The first-order valence-corrected chi connectivity index (χ1v) is 7.67. The highest BCUT2D eigenvalue weighted by Gasteiger charge is 2.32. The molecular weight excluding hydrogens is 234 g/mol. The number of fused-ring (bicyclic) bond motifs is 1. The van der Waals surface area contributed by atoms with Crippen molar-refractivity contribution in [1.82, 2.24) is 0 Å². The summed E-state index contributed by atoms with van der Waals surface area (Å²) in [6, 6.07) is 9.31. The Morgan fingerprint density at radius 2 is 2.00 bits per heavy atom. The third-order valence-corrected chi connectivity index (χ3v) is 4.98. The molecule has 2 heteroatoms. The van der Waals surface area contributed by atoms with Crippen molar-refractivity contribution >= 4 is 5.69 Å². The highest BCUT2D eigenvalue weighted by Crippen LogP contribution is 2.36. The van der Waals surface area contributed by atoms with E-state index in [0.29, 0.717) is 12.0 Å². The Morgan fingerprint density at radius 1 is 1.21 bits per heavy atom. The molecule has 0 radical (unpaired) electrons. The summed E-state index contributed by atoms with van der Waals surface area (Å²) in [6.45, 7) is 5.64. The lowest BCUT2D eigenvalue weighted by atomic mass is 9.80. The molecule has 0 spiro atoms. The third kappa shape index (κ3) is 2.51. The van der Waals surface area contributed by atoms with Crippen molar-refractivity contribution in [1.29, 1.82) is 0 Å². The average molecular weight is 259 g/mol. The largest absolute Gasteiger partial charge is 0.393 e. The second-order valence-corrected chi connectivity index (χ2v) is 6.58. The van der Waals surface area contributed by atoms with Crippen LogP contribution in [0.25, 0.3) is 0 Å². The van der Waals surface area contributed by atoms with Crippen LogP contribution < -0.4 is 4.90 Å². The number of hydrogen-bond acceptors (Lipinski definition) is 2. The molecule has 1 aromatic rings. The maximum atomic E-state index is 10.3. The fourth-order valence-electron chi connectivity index (χ4n) is 3.84. The van der Waals surface area contributed by atoms with Crippen LogP contribution in [0.15, 0.2) is 24.3 Å². The normalized spacial score (nSPS) is 34.4. The lowest BCUT2D eigenvalue weighted by molar-refractivity contribution is 0.0546. The molecule has 2 aliphatic rings. The first kappa shape index (κ1) is 13.0. The number of benzene rings is 1. The Balaban J connectivity index is 1.76. The number of para-hydroxylation sites is 1. The van der Waals surface area contributed by atoms with Crippen LogP contribution in [0.3, 0.4) is 0 Å². The molecule has 1 aliphatic carbocycles. The number of rotatable bonds is 2. The molecule has 0 bridgehead atoms. The van der Waals surface area contributed by atoms with E-state index in [-0.39, 0.29) is 6.10 Å². The predicted molar refractivity (Wildman–Crippen MR) is 79.5 cm³/mol. The van der Waals surface area contributed by atoms with E-state index in [1.807, 2.05) is 0 Å². The van der Waals surface area contributed by atoms with Crippen LogP contribution in [-0.2, 0) is 6.42 Å². The molecule has 4 atom stereocenters. The maximum absolute atomic E-state index is 10.3. The molecule has 1 heterocycles. The van der Waals surface area contributed by atoms with Gasteiger partial charge in [-0.25, -0.2) is 0 Å². The first-order valence-electron chi connectivity index (χ1n) is 7.67. The van der Waals surface area contributed by atoms with Crippen LogP contribution in [0, 0.1) is 11.8 Å². The number of aliphatic hydroxyl groups is 1. The number of aliphatic hydroxyl groups excluding tert-OH is 1. The molecule has 2 nitrogen and oxygen atoms in total. The summed E-state index contributed by atoms with van der Waals surface area (Å²) in [5.41, 5.74) is 2.86. The lowest BCUT2D eigenvalue weighted by Gasteiger charge is -2.36. The third-order valence-electron chi connectivity index (χ3n) is 4.98. The molecule has 0 amide bonds. The highest BCUT2D eigenvalue weighted by atomic mass is 16.3. The van der Waals surface area contributed by atoms with Crippen molar-refractivity contribution in [2.24, 2.45) is 11.8 Å². The molecule has 1 N–H and O–H groups in total. The quantitative estimate of drug-likeness (QED) is 0.881. The van der Waals surface area contributed by atoms with Gasteiger partial charge in [0.05, 0.1) is 6.10 Å². The Kier molecular flexibility index (Phi) is 3.53. The van der Waals surface area contributed by atoms with Gasteiger partial charge >= 0.3 is 0 Å². The van der Waals surface area contributed by atoms with E-state index in [9.17, 15) is 5.11 Å². The summed E-state index contributed by atoms with van der Waals surface area (Å²) < 4.78 is 0. The van der Waals surface area contributed by atoms with E-state index < -0.39 is 0 Å². The molecule has 4 unspecified atom stereocenters. The second-order valence-electron chi connectivity index (χ2n) is 6.58. The minimum atomic E-state index is -0.101. The van der Waals surface area contributed by atoms with Gasteiger partial charge in [0.25, 0.3) is 0 Å². The molecule has 1 aliphatic heterocycles. The van der Waals surface area contributed by atoms with Crippen LogP contribution in [-0.4, -0.2) is 23.8 Å². The van der Waals surface area contributed by atoms with Gasteiger partial charge in [0, 0.05) is 24.2 Å². The zero-order valence-corrected chi connectivity index (χ0v) is 12.0. The molecule has 0 saturated heterocycles. The van der Waals surface area contributed by atoms with Crippen molar-refractivity contribution in [3.05, 3.63) is 29.8 Å². The Labute approximate surface area is 116 Å². The highest BCUT2D eigenvalue weighted by molar-refractivity contribution is 5.59. The van der Waals surface area contributed by atoms with E-state index in [0.717, 1.165) is 25.3 Å². The molecule has 19 heavy (non-hydrogen) atoms. The van der Waals surface area contributed by atoms with E-state index in [1.54, 1.807) is 0 Å². The van der Waals surface area contributed by atoms with Crippen molar-refractivity contribution < 1.29 is 5.11 Å². The molecule has 0 aromatic heterocycles. The van der Waals surface area contributed by atoms with Crippen LogP contribution in [0.1, 0.15) is 38.7 Å². The standard InChI is InChI=1S/C17H25NO/c1-12-7-8-17(19)15(9-12)11-18-13(2)10-14-5-3-4-6-16(14)18/h3-6,12-13,15,17,19H,7-11H2,1-2H3. The van der Waals surface area contributed by atoms with E-state index in [1.165, 1.54) is 24.1 Å². The van der Waals surface area contributed by atoms with Gasteiger partial charge in [0.2, 0.25) is 0 Å². The van der Waals surface area contributed by atoms with Gasteiger partial charge in [-0.1, -0.05) is 25.1 Å². The van der Waals surface area contributed by atoms with Crippen LogP contribution >= 0.6 is 0 Å². The van der Waals surface area contributed by atoms with Gasteiger partial charge in [-0.05, 0) is 50.2 Å². The summed E-state index contributed by atoms with van der Waals surface area (Å²) in [5.74, 6) is 1.21. The summed E-state index contributed by atoms with van der Waals surface area (Å²) in [4.78, 5) is 2.52. The molecular formula is C17H25NO. The summed E-state index contributed by atoms with van der Waals surface area (Å²) in [6.07, 6.45) is 4.39. The van der Waals surface area contributed by atoms with E-state index in [2.05, 4.69) is 43.0 Å². The summed E-state index contributed by atoms with van der Waals surface area (Å²) in [5, 5.41) is 10.3. The zero-order valence-electron chi connectivity index (χ0n) is 12.0. The minimum Gasteiger partial charge on any atom is -0.393 e. The molecule has 1 saturated carbocycles. The SMILES string of the molecule is CC1CCC(O)C(CN2c3ccccc3CC2C)C1. The zero-order chi connectivity index (χ0) is 13.4. The van der Waals surface area contributed by atoms with E-state index in [4.69, 9.17) is 0 Å². The fourth-order valence-corrected chi connectivity index (χ4v) is 3.84. The van der Waals surface area contributed by atoms with Gasteiger partial charge in [-0.15, -0.1) is 0 Å². The van der Waals surface area contributed by atoms with Crippen molar-refractivity contribution in [2.45, 2.75) is 51.7 Å². The van der Waals surface area contributed by atoms with Gasteiger partial charge in [-0.3, -0.25) is 0 Å². The Hall–Kier alpha value is -1.02. The van der Waals surface area contributed by atoms with E-state index >= 15 is 0 Å². The Morgan fingerprint density at radius 3 is 2.84 bits per heavy atom. The van der Waals surface area contributed by atoms with Crippen molar-refractivity contribution in [3.8, 4) is 0 Å². The molecule has 1 fully saturated rings. The van der Waals surface area contributed by atoms with Crippen LogP contribution in [0.4, 0.5) is 5.69 Å². The number of anilines is 1. The first-order chi connectivity index (χ1) is 9.15. The molecule has 3 rings (SSSR count). The van der Waals surface area contributed by atoms with Crippen LogP contribution in [0.2, 0.25) is 0 Å². The lowest BCUT2D eigenvalue weighted by Crippen LogP contribution is -2.41. The monoisotopic (exact) mass is 259 g/mol. The van der Waals surface area contributed by atoms with Crippen LogP contribution in [0.5, 0.6) is 0 Å². The predicted octanol–water partition coefficient (Wildman–Crippen LogP) is 3.23. The maximum Gasteiger partial charge on any atom is 0.0585 e.